The highest BCUT2D eigenvalue weighted by Gasteiger charge is 2.47. The summed E-state index contributed by atoms with van der Waals surface area (Å²) in [7, 11) is -0.424. The Hall–Kier alpha value is -2.05. The van der Waals surface area contributed by atoms with Crippen molar-refractivity contribution < 1.29 is 17.9 Å². The molecule has 23 heavy (non-hydrogen) atoms. The number of sulfonamides is 1. The Labute approximate surface area is 136 Å². The molecular weight excluding hydrogens is 314 g/mol. The second-order valence-electron chi connectivity index (χ2n) is 5.57. The summed E-state index contributed by atoms with van der Waals surface area (Å²) in [5.41, 5.74) is 0.323. The molecule has 1 saturated carbocycles. The molecule has 1 fully saturated rings. The number of methoxy groups -OCH3 is 2. The predicted molar refractivity (Wildman–Crippen MR) is 87.2 cm³/mol. The maximum Gasteiger partial charge on any atom is 0.241 e. The van der Waals surface area contributed by atoms with Gasteiger partial charge in [-0.05, 0) is 42.7 Å². The van der Waals surface area contributed by atoms with E-state index in [-0.39, 0.29) is 4.90 Å². The summed E-state index contributed by atoms with van der Waals surface area (Å²) in [6.45, 7) is 0. The molecule has 0 bridgehead atoms. The molecule has 3 rings (SSSR count). The monoisotopic (exact) mass is 333 g/mol. The third kappa shape index (κ3) is 3.04. The molecule has 1 N–H and O–H groups in total. The summed E-state index contributed by atoms with van der Waals surface area (Å²) in [5.74, 6) is 1.22. The lowest BCUT2D eigenvalue weighted by Gasteiger charge is -2.19. The molecule has 0 amide bonds. The van der Waals surface area contributed by atoms with Crippen LogP contribution >= 0.6 is 0 Å². The van der Waals surface area contributed by atoms with E-state index in [0.717, 1.165) is 18.4 Å². The highest BCUT2D eigenvalue weighted by molar-refractivity contribution is 7.89. The molecule has 0 saturated heterocycles. The van der Waals surface area contributed by atoms with E-state index in [4.69, 9.17) is 9.47 Å². The molecule has 2 aromatic carbocycles. The Bertz CT molecular complexity index is 799. The van der Waals surface area contributed by atoms with E-state index in [1.54, 1.807) is 50.6 Å². The molecule has 0 atom stereocenters. The van der Waals surface area contributed by atoms with Gasteiger partial charge in [0.1, 0.15) is 0 Å². The zero-order valence-electron chi connectivity index (χ0n) is 13.1. The third-order valence-electron chi connectivity index (χ3n) is 4.07. The highest BCUT2D eigenvalue weighted by Crippen LogP contribution is 2.48. The number of ether oxygens (including phenoxy) is 2. The standard InChI is InChI=1S/C17H19NO4S/c1-21-15-9-8-13(12-16(15)22-2)17(10-11-17)18-23(19,20)14-6-4-3-5-7-14/h3-9,12,18H,10-11H2,1-2H3. The van der Waals surface area contributed by atoms with Gasteiger partial charge in [-0.25, -0.2) is 13.1 Å². The minimum atomic E-state index is -3.56. The van der Waals surface area contributed by atoms with Crippen molar-refractivity contribution in [3.63, 3.8) is 0 Å². The van der Waals surface area contributed by atoms with E-state index in [1.807, 2.05) is 12.1 Å². The van der Waals surface area contributed by atoms with Crippen molar-refractivity contribution in [3.05, 3.63) is 54.1 Å². The van der Waals surface area contributed by atoms with Crippen LogP contribution in [0, 0.1) is 0 Å². The minimum absolute atomic E-state index is 0.270. The molecule has 1 aliphatic carbocycles. The third-order valence-corrected chi connectivity index (χ3v) is 5.62. The summed E-state index contributed by atoms with van der Waals surface area (Å²) in [6, 6.07) is 13.9. The van der Waals surface area contributed by atoms with Crippen molar-refractivity contribution in [3.8, 4) is 11.5 Å². The van der Waals surface area contributed by atoms with Gasteiger partial charge < -0.3 is 9.47 Å². The first kappa shape index (κ1) is 15.8. The van der Waals surface area contributed by atoms with E-state index in [9.17, 15) is 8.42 Å². The van der Waals surface area contributed by atoms with Crippen LogP contribution in [0.1, 0.15) is 18.4 Å². The average molecular weight is 333 g/mol. The van der Waals surface area contributed by atoms with Crippen molar-refractivity contribution >= 4 is 10.0 Å². The maximum atomic E-state index is 12.6. The second kappa shape index (κ2) is 5.86. The van der Waals surface area contributed by atoms with E-state index in [0.29, 0.717) is 11.5 Å². The van der Waals surface area contributed by atoms with Crippen molar-refractivity contribution in [2.24, 2.45) is 0 Å². The molecule has 122 valence electrons. The van der Waals surface area contributed by atoms with Crippen molar-refractivity contribution in [1.82, 2.24) is 4.72 Å². The summed E-state index contributed by atoms with van der Waals surface area (Å²) in [6.07, 6.45) is 1.52. The Balaban J connectivity index is 1.91. The topological polar surface area (TPSA) is 64.6 Å². The summed E-state index contributed by atoms with van der Waals surface area (Å²) in [4.78, 5) is 0.270. The lowest BCUT2D eigenvalue weighted by molar-refractivity contribution is 0.354. The van der Waals surface area contributed by atoms with Gasteiger partial charge in [0.05, 0.1) is 24.7 Å². The molecule has 2 aromatic rings. The molecule has 1 aliphatic rings. The van der Waals surface area contributed by atoms with Crippen molar-refractivity contribution in [2.45, 2.75) is 23.3 Å². The van der Waals surface area contributed by atoms with Gasteiger partial charge in [0, 0.05) is 0 Å². The summed E-state index contributed by atoms with van der Waals surface area (Å²) < 4.78 is 38.5. The van der Waals surface area contributed by atoms with Crippen LogP contribution in [0.5, 0.6) is 11.5 Å². The molecular formula is C17H19NO4S. The molecule has 0 radical (unpaired) electrons. The Morgan fingerprint density at radius 2 is 1.61 bits per heavy atom. The van der Waals surface area contributed by atoms with Crippen LogP contribution in [0.4, 0.5) is 0 Å². The molecule has 0 heterocycles. The van der Waals surface area contributed by atoms with Crippen LogP contribution < -0.4 is 14.2 Å². The molecule has 0 aliphatic heterocycles. The van der Waals surface area contributed by atoms with Crippen LogP contribution in [0.15, 0.2) is 53.4 Å². The number of benzene rings is 2. The zero-order valence-corrected chi connectivity index (χ0v) is 13.9. The smallest absolute Gasteiger partial charge is 0.241 e. The van der Waals surface area contributed by atoms with Gasteiger partial charge in [0.15, 0.2) is 11.5 Å². The SMILES string of the molecule is COc1ccc(C2(NS(=O)(=O)c3ccccc3)CC2)cc1OC. The molecule has 6 heteroatoms. The van der Waals surface area contributed by atoms with Gasteiger partial charge in [-0.15, -0.1) is 0 Å². The fraction of sp³-hybridized carbons (Fsp3) is 0.294. The lowest BCUT2D eigenvalue weighted by Crippen LogP contribution is -2.34. The molecule has 0 spiro atoms. The lowest BCUT2D eigenvalue weighted by atomic mass is 10.1. The van der Waals surface area contributed by atoms with Crippen LogP contribution in [0.2, 0.25) is 0 Å². The average Bonchev–Trinajstić information content (AvgIpc) is 3.35. The quantitative estimate of drug-likeness (QED) is 0.883. The molecule has 5 nitrogen and oxygen atoms in total. The largest absolute Gasteiger partial charge is 0.493 e. The van der Waals surface area contributed by atoms with Gasteiger partial charge in [0.2, 0.25) is 10.0 Å². The number of nitrogens with one attached hydrogen (secondary N) is 1. The highest BCUT2D eigenvalue weighted by atomic mass is 32.2. The van der Waals surface area contributed by atoms with Gasteiger partial charge in [-0.1, -0.05) is 24.3 Å². The fourth-order valence-corrected chi connectivity index (χ4v) is 4.09. The minimum Gasteiger partial charge on any atom is -0.493 e. The van der Waals surface area contributed by atoms with Crippen LogP contribution in [-0.4, -0.2) is 22.6 Å². The predicted octanol–water partition coefficient (Wildman–Crippen LogP) is 2.67. The zero-order chi connectivity index (χ0) is 16.5. The molecule has 0 aromatic heterocycles. The normalized spacial score (nSPS) is 15.9. The summed E-state index contributed by atoms with van der Waals surface area (Å²) in [5, 5.41) is 0. The van der Waals surface area contributed by atoms with E-state index >= 15 is 0 Å². The Morgan fingerprint density at radius 3 is 2.17 bits per heavy atom. The molecule has 0 unspecified atom stereocenters. The first-order valence-corrected chi connectivity index (χ1v) is 8.81. The van der Waals surface area contributed by atoms with Gasteiger partial charge >= 0.3 is 0 Å². The number of hydrogen-bond donors (Lipinski definition) is 1. The number of hydrogen-bond acceptors (Lipinski definition) is 4. The van der Waals surface area contributed by atoms with Gasteiger partial charge in [0.25, 0.3) is 0 Å². The van der Waals surface area contributed by atoms with E-state index in [2.05, 4.69) is 4.72 Å². The van der Waals surface area contributed by atoms with Crippen LogP contribution in [-0.2, 0) is 15.6 Å². The first-order chi connectivity index (χ1) is 11.0. The second-order valence-corrected chi connectivity index (χ2v) is 7.25. The van der Waals surface area contributed by atoms with Gasteiger partial charge in [-0.3, -0.25) is 0 Å². The number of rotatable bonds is 6. The van der Waals surface area contributed by atoms with Crippen LogP contribution in [0.3, 0.4) is 0 Å². The Morgan fingerprint density at radius 1 is 0.957 bits per heavy atom. The van der Waals surface area contributed by atoms with Crippen molar-refractivity contribution in [1.29, 1.82) is 0 Å². The van der Waals surface area contributed by atoms with Crippen molar-refractivity contribution in [2.75, 3.05) is 14.2 Å². The van der Waals surface area contributed by atoms with Crippen LogP contribution in [0.25, 0.3) is 0 Å². The van der Waals surface area contributed by atoms with E-state index in [1.165, 1.54) is 0 Å². The van der Waals surface area contributed by atoms with Gasteiger partial charge in [-0.2, -0.15) is 0 Å². The maximum absolute atomic E-state index is 12.6. The van der Waals surface area contributed by atoms with E-state index < -0.39 is 15.6 Å². The Kier molecular flexibility index (Phi) is 4.04. The summed E-state index contributed by atoms with van der Waals surface area (Å²) >= 11 is 0. The fourth-order valence-electron chi connectivity index (χ4n) is 2.62. The first-order valence-electron chi connectivity index (χ1n) is 7.32.